The van der Waals surface area contributed by atoms with E-state index in [0.717, 1.165) is 30.9 Å². The minimum atomic E-state index is -4.36. The molecule has 0 aliphatic carbocycles. The molecule has 110 valence electrons. The van der Waals surface area contributed by atoms with Crippen molar-refractivity contribution in [3.05, 3.63) is 41.4 Å². The highest BCUT2D eigenvalue weighted by molar-refractivity contribution is 5.24. The molecular weight excluding hydrogens is 269 g/mol. The zero-order valence-electron chi connectivity index (χ0n) is 11.2. The van der Waals surface area contributed by atoms with Crippen molar-refractivity contribution in [3.8, 4) is 0 Å². The van der Waals surface area contributed by atoms with Crippen molar-refractivity contribution >= 4 is 0 Å². The van der Waals surface area contributed by atoms with E-state index in [1.807, 2.05) is 13.0 Å². The average Bonchev–Trinajstić information content (AvgIpc) is 2.45. The molecule has 0 saturated heterocycles. The number of rotatable bonds is 4. The van der Waals surface area contributed by atoms with Gasteiger partial charge in [0.2, 0.25) is 0 Å². The summed E-state index contributed by atoms with van der Waals surface area (Å²) >= 11 is 0. The lowest BCUT2D eigenvalue weighted by molar-refractivity contribution is -0.137. The molecule has 1 aromatic rings. The molecule has 0 aromatic carbocycles. The molecule has 2 rings (SSSR count). The van der Waals surface area contributed by atoms with E-state index in [2.05, 4.69) is 10.3 Å². The molecule has 20 heavy (non-hydrogen) atoms. The van der Waals surface area contributed by atoms with E-state index in [1.54, 1.807) is 0 Å². The zero-order chi connectivity index (χ0) is 14.6. The Morgan fingerprint density at radius 2 is 2.20 bits per heavy atom. The fourth-order valence-electron chi connectivity index (χ4n) is 2.08. The van der Waals surface area contributed by atoms with Crippen molar-refractivity contribution in [1.82, 2.24) is 10.3 Å². The van der Waals surface area contributed by atoms with Crippen molar-refractivity contribution in [3.63, 3.8) is 0 Å². The second-order valence-corrected chi connectivity index (χ2v) is 4.56. The Labute approximate surface area is 115 Å². The number of pyridine rings is 1. The summed E-state index contributed by atoms with van der Waals surface area (Å²) in [5.41, 5.74) is -0.206. The Morgan fingerprint density at radius 3 is 2.70 bits per heavy atom. The summed E-state index contributed by atoms with van der Waals surface area (Å²) in [7, 11) is 0. The Hall–Kier alpha value is -1.56. The van der Waals surface area contributed by atoms with Crippen LogP contribution in [0, 0.1) is 0 Å². The zero-order valence-corrected chi connectivity index (χ0v) is 11.2. The van der Waals surface area contributed by atoms with Gasteiger partial charge in [0.1, 0.15) is 11.8 Å². The maximum atomic E-state index is 12.5. The van der Waals surface area contributed by atoms with Gasteiger partial charge in [-0.1, -0.05) is 6.92 Å². The van der Waals surface area contributed by atoms with Crippen LogP contribution in [0.1, 0.15) is 37.1 Å². The highest BCUT2D eigenvalue weighted by atomic mass is 19.4. The highest BCUT2D eigenvalue weighted by Gasteiger charge is 2.31. The largest absolute Gasteiger partial charge is 0.496 e. The molecule has 1 aromatic heterocycles. The molecule has 1 atom stereocenters. The van der Waals surface area contributed by atoms with Crippen LogP contribution in [0.3, 0.4) is 0 Å². The molecule has 0 amide bonds. The number of alkyl halides is 3. The summed E-state index contributed by atoms with van der Waals surface area (Å²) in [6, 6.07) is 2.16. The van der Waals surface area contributed by atoms with Crippen LogP contribution < -0.4 is 5.32 Å². The van der Waals surface area contributed by atoms with Crippen LogP contribution in [-0.4, -0.2) is 18.1 Å². The van der Waals surface area contributed by atoms with Crippen molar-refractivity contribution < 1.29 is 17.9 Å². The normalized spacial score (nSPS) is 17.3. The number of likely N-dealkylation sites (N-methyl/N-ethyl adjacent to an activating group) is 1. The third-order valence-electron chi connectivity index (χ3n) is 3.06. The molecule has 0 bridgehead atoms. The highest BCUT2D eigenvalue weighted by Crippen LogP contribution is 2.30. The first-order chi connectivity index (χ1) is 9.52. The molecule has 1 unspecified atom stereocenters. The molecule has 0 fully saturated rings. The number of halogens is 3. The van der Waals surface area contributed by atoms with Gasteiger partial charge in [0, 0.05) is 6.20 Å². The molecule has 1 aliphatic heterocycles. The molecule has 2 heterocycles. The van der Waals surface area contributed by atoms with Crippen LogP contribution in [0.15, 0.2) is 30.2 Å². The van der Waals surface area contributed by atoms with Crippen LogP contribution in [0.5, 0.6) is 0 Å². The second kappa shape index (κ2) is 6.26. The maximum absolute atomic E-state index is 12.5. The van der Waals surface area contributed by atoms with Gasteiger partial charge in [-0.05, 0) is 37.6 Å². The first kappa shape index (κ1) is 14.8. The van der Waals surface area contributed by atoms with Gasteiger partial charge < -0.3 is 10.1 Å². The predicted octanol–water partition coefficient (Wildman–Crippen LogP) is 3.45. The van der Waals surface area contributed by atoms with Gasteiger partial charge in [-0.25, -0.2) is 0 Å². The molecule has 0 saturated carbocycles. The summed E-state index contributed by atoms with van der Waals surface area (Å²) in [5.74, 6) is 0.741. The topological polar surface area (TPSA) is 34.1 Å². The minimum Gasteiger partial charge on any atom is -0.496 e. The van der Waals surface area contributed by atoms with Gasteiger partial charge in [-0.15, -0.1) is 0 Å². The third-order valence-corrected chi connectivity index (χ3v) is 3.06. The van der Waals surface area contributed by atoms with E-state index < -0.39 is 11.7 Å². The number of nitrogens with zero attached hydrogens (tertiary/aromatic N) is 1. The van der Waals surface area contributed by atoms with Crippen LogP contribution >= 0.6 is 0 Å². The standard InChI is InChI=1S/C14H17F3N2O/c1-2-18-13(12-5-3-4-8-20-12)11-7-6-10(9-19-11)14(15,16)17/h5-7,9,13,18H,2-4,8H2,1H3. The summed E-state index contributed by atoms with van der Waals surface area (Å²) in [5, 5.41) is 3.19. The predicted molar refractivity (Wildman–Crippen MR) is 68.9 cm³/mol. The summed E-state index contributed by atoms with van der Waals surface area (Å²) < 4.78 is 43.2. The van der Waals surface area contributed by atoms with Crippen LogP contribution in [0.2, 0.25) is 0 Å². The average molecular weight is 286 g/mol. The molecule has 1 aliphatic rings. The van der Waals surface area contributed by atoms with Crippen molar-refractivity contribution in [2.24, 2.45) is 0 Å². The van der Waals surface area contributed by atoms with E-state index in [-0.39, 0.29) is 6.04 Å². The van der Waals surface area contributed by atoms with Gasteiger partial charge in [0.15, 0.2) is 0 Å². The van der Waals surface area contributed by atoms with Gasteiger partial charge in [0.25, 0.3) is 0 Å². The molecular formula is C14H17F3N2O. The van der Waals surface area contributed by atoms with E-state index >= 15 is 0 Å². The SMILES string of the molecule is CCNC(C1=CCCCO1)c1ccc(C(F)(F)F)cn1. The van der Waals surface area contributed by atoms with Gasteiger partial charge >= 0.3 is 6.18 Å². The number of ether oxygens (including phenoxy) is 1. The third kappa shape index (κ3) is 3.50. The smallest absolute Gasteiger partial charge is 0.417 e. The molecule has 6 heteroatoms. The number of hydrogen-bond acceptors (Lipinski definition) is 3. The quantitative estimate of drug-likeness (QED) is 0.920. The van der Waals surface area contributed by atoms with Crippen molar-refractivity contribution in [2.45, 2.75) is 32.0 Å². The van der Waals surface area contributed by atoms with Crippen molar-refractivity contribution in [1.29, 1.82) is 0 Å². The van der Waals surface area contributed by atoms with Gasteiger partial charge in [-0.2, -0.15) is 13.2 Å². The van der Waals surface area contributed by atoms with E-state index in [4.69, 9.17) is 4.74 Å². The Morgan fingerprint density at radius 1 is 1.40 bits per heavy atom. The molecule has 3 nitrogen and oxygen atoms in total. The Bertz CT molecular complexity index is 468. The van der Waals surface area contributed by atoms with E-state index in [9.17, 15) is 13.2 Å². The number of hydrogen-bond donors (Lipinski definition) is 1. The van der Waals surface area contributed by atoms with E-state index in [1.165, 1.54) is 6.07 Å². The lowest BCUT2D eigenvalue weighted by Gasteiger charge is -2.24. The first-order valence-electron chi connectivity index (χ1n) is 6.61. The lowest BCUT2D eigenvalue weighted by Crippen LogP contribution is -2.26. The monoisotopic (exact) mass is 286 g/mol. The molecule has 1 N–H and O–H groups in total. The Kier molecular flexibility index (Phi) is 4.65. The second-order valence-electron chi connectivity index (χ2n) is 4.56. The summed E-state index contributed by atoms with van der Waals surface area (Å²) in [6.07, 6.45) is 0.347. The first-order valence-corrected chi connectivity index (χ1v) is 6.61. The number of allylic oxidation sites excluding steroid dienone is 1. The summed E-state index contributed by atoms with van der Waals surface area (Å²) in [6.45, 7) is 3.24. The van der Waals surface area contributed by atoms with E-state index in [0.29, 0.717) is 18.8 Å². The van der Waals surface area contributed by atoms with Gasteiger partial charge in [-0.3, -0.25) is 4.98 Å². The molecule has 0 radical (unpaired) electrons. The number of nitrogens with one attached hydrogen (secondary N) is 1. The fourth-order valence-corrected chi connectivity index (χ4v) is 2.08. The fraction of sp³-hybridized carbons (Fsp3) is 0.500. The lowest BCUT2D eigenvalue weighted by atomic mass is 10.1. The van der Waals surface area contributed by atoms with Crippen LogP contribution in [0.4, 0.5) is 13.2 Å². The number of aromatic nitrogens is 1. The summed E-state index contributed by atoms with van der Waals surface area (Å²) in [4.78, 5) is 3.94. The van der Waals surface area contributed by atoms with Crippen molar-refractivity contribution in [2.75, 3.05) is 13.2 Å². The minimum absolute atomic E-state index is 0.289. The molecule has 0 spiro atoms. The van der Waals surface area contributed by atoms with Crippen LogP contribution in [0.25, 0.3) is 0 Å². The Balaban J connectivity index is 2.23. The maximum Gasteiger partial charge on any atom is 0.417 e. The van der Waals surface area contributed by atoms with Gasteiger partial charge in [0.05, 0.1) is 17.9 Å². The van der Waals surface area contributed by atoms with Crippen LogP contribution in [-0.2, 0) is 10.9 Å².